The van der Waals surface area contributed by atoms with Crippen LogP contribution in [0.4, 0.5) is 0 Å². The van der Waals surface area contributed by atoms with Crippen LogP contribution in [0.1, 0.15) is 32.0 Å². The molecule has 0 saturated carbocycles. The molecule has 3 N–H and O–H groups in total. The van der Waals surface area contributed by atoms with Gasteiger partial charge in [-0.2, -0.15) is 0 Å². The van der Waals surface area contributed by atoms with Crippen LogP contribution in [0.25, 0.3) is 10.9 Å². The lowest BCUT2D eigenvalue weighted by atomic mass is 10.0. The standard InChI is InChI=1S/C13H17BrN2/c1-4-8-5-6-10-9(7-8)11(14)12(16-10)13(2,3)15/h5-7,16H,4,15H2,1-3H3. The number of hydrogen-bond donors (Lipinski definition) is 2. The number of nitrogens with two attached hydrogens (primary N) is 1. The third kappa shape index (κ3) is 1.89. The van der Waals surface area contributed by atoms with Crippen LogP contribution in [0.5, 0.6) is 0 Å². The Morgan fingerprint density at radius 3 is 2.62 bits per heavy atom. The Morgan fingerprint density at radius 1 is 1.38 bits per heavy atom. The molecule has 2 aromatic rings. The van der Waals surface area contributed by atoms with Crippen LogP contribution < -0.4 is 5.73 Å². The Hall–Kier alpha value is -0.800. The Kier molecular flexibility index (Phi) is 2.84. The first-order valence-electron chi connectivity index (χ1n) is 5.53. The summed E-state index contributed by atoms with van der Waals surface area (Å²) in [4.78, 5) is 3.38. The van der Waals surface area contributed by atoms with Crippen molar-refractivity contribution in [3.8, 4) is 0 Å². The van der Waals surface area contributed by atoms with Crippen molar-refractivity contribution in [3.05, 3.63) is 33.9 Å². The van der Waals surface area contributed by atoms with Crippen LogP contribution in [-0.2, 0) is 12.0 Å². The van der Waals surface area contributed by atoms with Crippen LogP contribution >= 0.6 is 15.9 Å². The predicted octanol–water partition coefficient (Wildman–Crippen LogP) is 3.69. The van der Waals surface area contributed by atoms with E-state index in [9.17, 15) is 0 Å². The highest BCUT2D eigenvalue weighted by Gasteiger charge is 2.21. The zero-order valence-corrected chi connectivity index (χ0v) is 11.5. The zero-order chi connectivity index (χ0) is 11.9. The number of aromatic nitrogens is 1. The molecule has 0 saturated heterocycles. The smallest absolute Gasteiger partial charge is 0.0516 e. The Balaban J connectivity index is 2.69. The lowest BCUT2D eigenvalue weighted by molar-refractivity contribution is 0.537. The summed E-state index contributed by atoms with van der Waals surface area (Å²) >= 11 is 3.64. The Morgan fingerprint density at radius 2 is 2.06 bits per heavy atom. The molecule has 0 amide bonds. The molecule has 0 bridgehead atoms. The van der Waals surface area contributed by atoms with Gasteiger partial charge in [0.05, 0.1) is 5.54 Å². The number of aromatic amines is 1. The minimum atomic E-state index is -0.357. The van der Waals surface area contributed by atoms with Gasteiger partial charge in [0.1, 0.15) is 0 Å². The van der Waals surface area contributed by atoms with Crippen molar-refractivity contribution in [1.29, 1.82) is 0 Å². The van der Waals surface area contributed by atoms with Gasteiger partial charge in [-0.3, -0.25) is 0 Å². The molecule has 0 unspecified atom stereocenters. The zero-order valence-electron chi connectivity index (χ0n) is 9.89. The summed E-state index contributed by atoms with van der Waals surface area (Å²) in [6, 6.07) is 6.48. The normalized spacial score (nSPS) is 12.3. The molecule has 0 atom stereocenters. The summed E-state index contributed by atoms with van der Waals surface area (Å²) in [5, 5.41) is 1.22. The van der Waals surface area contributed by atoms with Gasteiger partial charge in [0, 0.05) is 21.1 Å². The van der Waals surface area contributed by atoms with E-state index in [1.807, 2.05) is 13.8 Å². The largest absolute Gasteiger partial charge is 0.356 e. The fourth-order valence-electron chi connectivity index (χ4n) is 1.87. The third-order valence-electron chi connectivity index (χ3n) is 2.85. The van der Waals surface area contributed by atoms with Crippen molar-refractivity contribution in [2.75, 3.05) is 0 Å². The molecule has 0 aliphatic heterocycles. The van der Waals surface area contributed by atoms with Gasteiger partial charge in [0.25, 0.3) is 0 Å². The maximum absolute atomic E-state index is 6.13. The minimum Gasteiger partial charge on any atom is -0.356 e. The fourth-order valence-corrected chi connectivity index (χ4v) is 2.81. The van der Waals surface area contributed by atoms with Crippen LogP contribution in [0.3, 0.4) is 0 Å². The fraction of sp³-hybridized carbons (Fsp3) is 0.385. The molecule has 86 valence electrons. The molecule has 1 aromatic heterocycles. The quantitative estimate of drug-likeness (QED) is 0.866. The number of aryl methyl sites for hydroxylation is 1. The SMILES string of the molecule is CCc1ccc2[nH]c(C(C)(C)N)c(Br)c2c1. The molecule has 0 aliphatic carbocycles. The first-order chi connectivity index (χ1) is 7.43. The molecule has 0 aliphatic rings. The summed E-state index contributed by atoms with van der Waals surface area (Å²) < 4.78 is 1.09. The Labute approximate surface area is 104 Å². The van der Waals surface area contributed by atoms with Crippen LogP contribution in [0.2, 0.25) is 0 Å². The maximum Gasteiger partial charge on any atom is 0.0516 e. The van der Waals surface area contributed by atoms with Crippen molar-refractivity contribution in [3.63, 3.8) is 0 Å². The maximum atomic E-state index is 6.13. The average Bonchev–Trinajstić information content (AvgIpc) is 2.55. The summed E-state index contributed by atoms with van der Waals surface area (Å²) in [5.41, 5.74) is 9.30. The molecule has 1 heterocycles. The minimum absolute atomic E-state index is 0.357. The number of fused-ring (bicyclic) bond motifs is 1. The molecule has 2 rings (SSSR count). The predicted molar refractivity (Wildman–Crippen MR) is 72.6 cm³/mol. The van der Waals surface area contributed by atoms with Crippen molar-refractivity contribution in [2.24, 2.45) is 5.73 Å². The van der Waals surface area contributed by atoms with E-state index in [4.69, 9.17) is 5.73 Å². The second-order valence-corrected chi connectivity index (χ2v) is 5.56. The van der Waals surface area contributed by atoms with E-state index in [-0.39, 0.29) is 5.54 Å². The molecule has 3 heteroatoms. The van der Waals surface area contributed by atoms with Crippen molar-refractivity contribution in [1.82, 2.24) is 4.98 Å². The summed E-state index contributed by atoms with van der Waals surface area (Å²) in [7, 11) is 0. The van der Waals surface area contributed by atoms with Gasteiger partial charge in [-0.1, -0.05) is 13.0 Å². The second-order valence-electron chi connectivity index (χ2n) is 4.77. The van der Waals surface area contributed by atoms with Crippen LogP contribution in [0.15, 0.2) is 22.7 Å². The van der Waals surface area contributed by atoms with Crippen molar-refractivity contribution >= 4 is 26.8 Å². The van der Waals surface area contributed by atoms with Gasteiger partial charge in [0.15, 0.2) is 0 Å². The number of nitrogens with one attached hydrogen (secondary N) is 1. The monoisotopic (exact) mass is 280 g/mol. The summed E-state index contributed by atoms with van der Waals surface area (Å²) in [5.74, 6) is 0. The third-order valence-corrected chi connectivity index (χ3v) is 3.68. The van der Waals surface area contributed by atoms with Gasteiger partial charge in [0.2, 0.25) is 0 Å². The molecule has 1 aromatic carbocycles. The molecule has 0 radical (unpaired) electrons. The summed E-state index contributed by atoms with van der Waals surface area (Å²) in [6.45, 7) is 6.17. The number of hydrogen-bond acceptors (Lipinski definition) is 1. The van der Waals surface area contributed by atoms with E-state index in [0.29, 0.717) is 0 Å². The lowest BCUT2D eigenvalue weighted by Gasteiger charge is -2.17. The number of halogens is 1. The highest BCUT2D eigenvalue weighted by molar-refractivity contribution is 9.10. The number of benzene rings is 1. The van der Waals surface area contributed by atoms with Crippen molar-refractivity contribution in [2.45, 2.75) is 32.7 Å². The van der Waals surface area contributed by atoms with E-state index in [1.54, 1.807) is 0 Å². The van der Waals surface area contributed by atoms with Gasteiger partial charge in [-0.25, -0.2) is 0 Å². The molecular weight excluding hydrogens is 264 g/mol. The van der Waals surface area contributed by atoms with E-state index in [2.05, 4.69) is 46.0 Å². The first-order valence-corrected chi connectivity index (χ1v) is 6.32. The number of H-pyrrole nitrogens is 1. The molecule has 0 fully saturated rings. The highest BCUT2D eigenvalue weighted by Crippen LogP contribution is 2.33. The topological polar surface area (TPSA) is 41.8 Å². The van der Waals surface area contributed by atoms with E-state index in [0.717, 1.165) is 22.1 Å². The van der Waals surface area contributed by atoms with E-state index < -0.39 is 0 Å². The lowest BCUT2D eigenvalue weighted by Crippen LogP contribution is -2.29. The highest BCUT2D eigenvalue weighted by atomic mass is 79.9. The van der Waals surface area contributed by atoms with Crippen LogP contribution in [0, 0.1) is 0 Å². The van der Waals surface area contributed by atoms with Crippen molar-refractivity contribution < 1.29 is 0 Å². The van der Waals surface area contributed by atoms with Crippen LogP contribution in [-0.4, -0.2) is 4.98 Å². The van der Waals surface area contributed by atoms with E-state index >= 15 is 0 Å². The second kappa shape index (κ2) is 3.90. The first kappa shape index (κ1) is 11.7. The van der Waals surface area contributed by atoms with Gasteiger partial charge in [-0.05, 0) is 53.9 Å². The van der Waals surface area contributed by atoms with E-state index in [1.165, 1.54) is 10.9 Å². The van der Waals surface area contributed by atoms with Gasteiger partial charge >= 0.3 is 0 Å². The average molecular weight is 281 g/mol. The number of rotatable bonds is 2. The molecular formula is C13H17BrN2. The molecule has 0 spiro atoms. The molecule has 2 nitrogen and oxygen atoms in total. The Bertz CT molecular complexity index is 520. The van der Waals surface area contributed by atoms with Gasteiger partial charge in [-0.15, -0.1) is 0 Å². The summed E-state index contributed by atoms with van der Waals surface area (Å²) in [6.07, 6.45) is 1.05. The van der Waals surface area contributed by atoms with Gasteiger partial charge < -0.3 is 10.7 Å². The molecule has 16 heavy (non-hydrogen) atoms.